The Labute approximate surface area is 152 Å². The molecule has 1 aliphatic heterocycles. The lowest BCUT2D eigenvalue weighted by Gasteiger charge is -2.34. The first kappa shape index (κ1) is 17.5. The van der Waals surface area contributed by atoms with Gasteiger partial charge >= 0.3 is 0 Å². The average Bonchev–Trinajstić information content (AvgIpc) is 3.18. The Hall–Kier alpha value is -2.28. The molecule has 2 heterocycles. The average molecular weight is 361 g/mol. The highest BCUT2D eigenvalue weighted by Gasteiger charge is 2.24. The summed E-state index contributed by atoms with van der Waals surface area (Å²) in [5, 5.41) is 2.99. The van der Waals surface area contributed by atoms with Gasteiger partial charge in [0.25, 0.3) is 5.91 Å². The number of nitrogens with zero attached hydrogens (tertiary/aromatic N) is 3. The number of hydrogen-bond donors (Lipinski definition) is 0. The van der Waals surface area contributed by atoms with E-state index in [4.69, 9.17) is 9.47 Å². The van der Waals surface area contributed by atoms with Crippen LogP contribution in [0.15, 0.2) is 29.8 Å². The molecule has 0 spiro atoms. The van der Waals surface area contributed by atoms with E-state index in [1.54, 1.807) is 17.4 Å². The summed E-state index contributed by atoms with van der Waals surface area (Å²) in [6.45, 7) is 7.92. The molecule has 0 aliphatic carbocycles. The summed E-state index contributed by atoms with van der Waals surface area (Å²) in [5.41, 5.74) is 0.634. The van der Waals surface area contributed by atoms with Crippen LogP contribution in [-0.2, 0) is 0 Å². The maximum atomic E-state index is 12.8. The minimum atomic E-state index is 0.0304. The molecule has 0 unspecified atom stereocenters. The number of carbonyl (C=O) groups is 1. The van der Waals surface area contributed by atoms with Crippen molar-refractivity contribution in [1.82, 2.24) is 9.88 Å². The van der Waals surface area contributed by atoms with Gasteiger partial charge in [0, 0.05) is 43.3 Å². The van der Waals surface area contributed by atoms with Gasteiger partial charge in [-0.3, -0.25) is 4.79 Å². The van der Waals surface area contributed by atoms with Crippen molar-refractivity contribution in [2.24, 2.45) is 0 Å². The molecule has 3 rings (SSSR count). The second kappa shape index (κ2) is 8.20. The fourth-order valence-corrected chi connectivity index (χ4v) is 3.54. The van der Waals surface area contributed by atoms with Crippen LogP contribution in [0.5, 0.6) is 11.5 Å². The maximum Gasteiger partial charge on any atom is 0.254 e. The van der Waals surface area contributed by atoms with Gasteiger partial charge in [-0.05, 0) is 32.0 Å². The summed E-state index contributed by atoms with van der Waals surface area (Å²) >= 11 is 1.63. The molecule has 0 saturated carbocycles. The highest BCUT2D eigenvalue weighted by atomic mass is 32.1. The zero-order chi connectivity index (χ0) is 17.6. The molecule has 1 fully saturated rings. The first-order valence-electron chi connectivity index (χ1n) is 8.56. The number of hydrogen-bond acceptors (Lipinski definition) is 6. The number of aromatic nitrogens is 1. The lowest BCUT2D eigenvalue weighted by atomic mass is 10.1. The van der Waals surface area contributed by atoms with Gasteiger partial charge in [0.05, 0.1) is 13.2 Å². The molecular weight excluding hydrogens is 338 g/mol. The van der Waals surface area contributed by atoms with Crippen molar-refractivity contribution in [3.8, 4) is 11.5 Å². The van der Waals surface area contributed by atoms with E-state index in [0.29, 0.717) is 43.4 Å². The molecule has 1 saturated heterocycles. The topological polar surface area (TPSA) is 54.9 Å². The Morgan fingerprint density at radius 3 is 2.48 bits per heavy atom. The van der Waals surface area contributed by atoms with Gasteiger partial charge in [0.15, 0.2) is 16.6 Å². The molecule has 0 atom stereocenters. The number of rotatable bonds is 6. The number of ether oxygens (including phenoxy) is 2. The van der Waals surface area contributed by atoms with Crippen LogP contribution in [0.4, 0.5) is 5.13 Å². The van der Waals surface area contributed by atoms with E-state index in [2.05, 4.69) is 9.88 Å². The molecular formula is C18H23N3O3S. The predicted molar refractivity (Wildman–Crippen MR) is 99.0 cm³/mol. The fourth-order valence-electron chi connectivity index (χ4n) is 2.84. The second-order valence-electron chi connectivity index (χ2n) is 5.62. The van der Waals surface area contributed by atoms with Gasteiger partial charge < -0.3 is 19.3 Å². The van der Waals surface area contributed by atoms with E-state index in [1.807, 2.05) is 42.5 Å². The Kier molecular flexibility index (Phi) is 5.75. The molecule has 0 N–H and O–H groups in total. The third kappa shape index (κ3) is 4.04. The molecule has 25 heavy (non-hydrogen) atoms. The maximum absolute atomic E-state index is 12.8. The molecule has 0 bridgehead atoms. The third-order valence-electron chi connectivity index (χ3n) is 4.05. The zero-order valence-electron chi connectivity index (χ0n) is 14.6. The summed E-state index contributed by atoms with van der Waals surface area (Å²) in [4.78, 5) is 21.3. The Balaban J connectivity index is 1.67. The number of piperazine rings is 1. The molecule has 134 valence electrons. The molecule has 2 aromatic rings. The van der Waals surface area contributed by atoms with Gasteiger partial charge in [0.2, 0.25) is 0 Å². The molecule has 1 aromatic heterocycles. The first-order chi connectivity index (χ1) is 12.2. The highest BCUT2D eigenvalue weighted by Crippen LogP contribution is 2.29. The molecule has 1 amide bonds. The Morgan fingerprint density at radius 1 is 1.12 bits per heavy atom. The van der Waals surface area contributed by atoms with Crippen LogP contribution in [0.2, 0.25) is 0 Å². The van der Waals surface area contributed by atoms with E-state index in [9.17, 15) is 4.79 Å². The first-order valence-corrected chi connectivity index (χ1v) is 9.44. The zero-order valence-corrected chi connectivity index (χ0v) is 15.4. The van der Waals surface area contributed by atoms with E-state index >= 15 is 0 Å². The van der Waals surface area contributed by atoms with Crippen molar-refractivity contribution < 1.29 is 14.3 Å². The number of benzene rings is 1. The van der Waals surface area contributed by atoms with Crippen LogP contribution in [0.3, 0.4) is 0 Å². The van der Waals surface area contributed by atoms with Gasteiger partial charge in [-0.25, -0.2) is 4.98 Å². The van der Waals surface area contributed by atoms with Gasteiger partial charge in [-0.15, -0.1) is 11.3 Å². The fraction of sp³-hybridized carbons (Fsp3) is 0.444. The third-order valence-corrected chi connectivity index (χ3v) is 4.88. The summed E-state index contributed by atoms with van der Waals surface area (Å²) in [5.74, 6) is 1.33. The summed E-state index contributed by atoms with van der Waals surface area (Å²) < 4.78 is 11.2. The van der Waals surface area contributed by atoms with Crippen molar-refractivity contribution in [2.45, 2.75) is 13.8 Å². The number of amides is 1. The highest BCUT2D eigenvalue weighted by molar-refractivity contribution is 7.13. The number of anilines is 1. The van der Waals surface area contributed by atoms with E-state index < -0.39 is 0 Å². The Morgan fingerprint density at radius 2 is 1.84 bits per heavy atom. The van der Waals surface area contributed by atoms with Crippen LogP contribution >= 0.6 is 11.3 Å². The van der Waals surface area contributed by atoms with Crippen molar-refractivity contribution in [3.05, 3.63) is 35.3 Å². The smallest absolute Gasteiger partial charge is 0.254 e. The standard InChI is InChI=1S/C18H23N3O3S/c1-3-23-15-6-5-14(13-16(15)24-4-2)17(22)20-8-10-21(11-9-20)18-19-7-12-25-18/h5-7,12-13H,3-4,8-11H2,1-2H3. The number of thiazole rings is 1. The van der Waals surface area contributed by atoms with Crippen LogP contribution in [0.1, 0.15) is 24.2 Å². The normalized spacial score (nSPS) is 14.5. The molecule has 1 aromatic carbocycles. The molecule has 1 aliphatic rings. The van der Waals surface area contributed by atoms with Crippen molar-refractivity contribution in [2.75, 3.05) is 44.3 Å². The number of carbonyl (C=O) groups excluding carboxylic acids is 1. The van der Waals surface area contributed by atoms with E-state index in [0.717, 1.165) is 18.2 Å². The van der Waals surface area contributed by atoms with Crippen LogP contribution in [0.25, 0.3) is 0 Å². The predicted octanol–water partition coefficient (Wildman–Crippen LogP) is 2.90. The molecule has 6 nitrogen and oxygen atoms in total. The van der Waals surface area contributed by atoms with Crippen LogP contribution < -0.4 is 14.4 Å². The Bertz CT molecular complexity index is 698. The largest absolute Gasteiger partial charge is 0.490 e. The summed E-state index contributed by atoms with van der Waals surface area (Å²) in [7, 11) is 0. The van der Waals surface area contributed by atoms with Crippen molar-refractivity contribution in [3.63, 3.8) is 0 Å². The van der Waals surface area contributed by atoms with E-state index in [1.165, 1.54) is 0 Å². The molecule has 7 heteroatoms. The van der Waals surface area contributed by atoms with Gasteiger partial charge in [-0.2, -0.15) is 0 Å². The lowest BCUT2D eigenvalue weighted by molar-refractivity contribution is 0.0746. The lowest BCUT2D eigenvalue weighted by Crippen LogP contribution is -2.48. The van der Waals surface area contributed by atoms with Gasteiger partial charge in [0.1, 0.15) is 0 Å². The summed E-state index contributed by atoms with van der Waals surface area (Å²) in [6, 6.07) is 5.40. The van der Waals surface area contributed by atoms with Gasteiger partial charge in [-0.1, -0.05) is 0 Å². The quantitative estimate of drug-likeness (QED) is 0.792. The van der Waals surface area contributed by atoms with Crippen molar-refractivity contribution in [1.29, 1.82) is 0 Å². The van der Waals surface area contributed by atoms with Crippen molar-refractivity contribution >= 4 is 22.4 Å². The van der Waals surface area contributed by atoms with Crippen LogP contribution in [0, 0.1) is 0 Å². The second-order valence-corrected chi connectivity index (χ2v) is 6.49. The summed E-state index contributed by atoms with van der Waals surface area (Å²) in [6.07, 6.45) is 1.81. The molecule has 0 radical (unpaired) electrons. The minimum Gasteiger partial charge on any atom is -0.490 e. The van der Waals surface area contributed by atoms with Crippen LogP contribution in [-0.4, -0.2) is 55.2 Å². The SMILES string of the molecule is CCOc1ccc(C(=O)N2CCN(c3nccs3)CC2)cc1OCC. The minimum absolute atomic E-state index is 0.0304. The van der Waals surface area contributed by atoms with E-state index in [-0.39, 0.29) is 5.91 Å². The monoisotopic (exact) mass is 361 g/mol.